The van der Waals surface area contributed by atoms with E-state index in [1.165, 1.54) is 12.1 Å². The number of primary amides is 1. The first-order chi connectivity index (χ1) is 13.8. The zero-order valence-electron chi connectivity index (χ0n) is 15.4. The molecule has 2 heterocycles. The average Bonchev–Trinajstić information content (AvgIpc) is 2.71. The van der Waals surface area contributed by atoms with Crippen molar-refractivity contribution in [3.63, 3.8) is 0 Å². The van der Waals surface area contributed by atoms with Gasteiger partial charge < -0.3 is 20.3 Å². The molecule has 2 N–H and O–H groups in total. The van der Waals surface area contributed by atoms with Crippen LogP contribution in [0.2, 0.25) is 0 Å². The molecule has 1 aromatic heterocycles. The van der Waals surface area contributed by atoms with E-state index in [1.807, 2.05) is 4.90 Å². The van der Waals surface area contributed by atoms with Crippen molar-refractivity contribution in [1.29, 1.82) is 0 Å². The number of carbonyl (C=O) groups excluding carboxylic acids is 2. The van der Waals surface area contributed by atoms with Gasteiger partial charge in [-0.1, -0.05) is 12.1 Å². The number of benzene rings is 1. The first-order valence-corrected chi connectivity index (χ1v) is 8.83. The Bertz CT molecular complexity index is 879. The molecule has 1 aliphatic heterocycles. The third kappa shape index (κ3) is 4.95. The maximum atomic E-state index is 12.6. The molecule has 0 unspecified atom stereocenters. The fourth-order valence-corrected chi connectivity index (χ4v) is 2.95. The van der Waals surface area contributed by atoms with E-state index in [0.717, 1.165) is 12.3 Å². The van der Waals surface area contributed by atoms with Gasteiger partial charge in [-0.15, -0.1) is 0 Å². The summed E-state index contributed by atoms with van der Waals surface area (Å²) in [5.74, 6) is -0.243. The first kappa shape index (κ1) is 20.4. The zero-order valence-corrected chi connectivity index (χ0v) is 15.4. The molecule has 1 aromatic carbocycles. The number of alkyl halides is 3. The molecule has 1 saturated heterocycles. The predicted molar refractivity (Wildman–Crippen MR) is 98.5 cm³/mol. The summed E-state index contributed by atoms with van der Waals surface area (Å²) in [6.45, 7) is 1.37. The van der Waals surface area contributed by atoms with Gasteiger partial charge in [0.2, 0.25) is 0 Å². The highest BCUT2D eigenvalue weighted by molar-refractivity contribution is 5.95. The topological polar surface area (TPSA) is 88.8 Å². The number of para-hydroxylation sites is 1. The molecule has 3 rings (SSSR count). The number of piperazine rings is 1. The van der Waals surface area contributed by atoms with Gasteiger partial charge in [0.05, 0.1) is 11.1 Å². The summed E-state index contributed by atoms with van der Waals surface area (Å²) >= 11 is 0. The normalized spacial score (nSPS) is 14.6. The van der Waals surface area contributed by atoms with Gasteiger partial charge in [-0.3, -0.25) is 9.59 Å². The number of hydrogen-bond donors (Lipinski definition) is 1. The Kier molecular flexibility index (Phi) is 5.90. The summed E-state index contributed by atoms with van der Waals surface area (Å²) in [5.41, 5.74) is 4.67. The van der Waals surface area contributed by atoms with Crippen molar-refractivity contribution in [3.05, 3.63) is 53.7 Å². The molecule has 0 atom stereocenters. The number of amides is 2. The number of anilines is 1. The van der Waals surface area contributed by atoms with Crippen LogP contribution >= 0.6 is 0 Å². The Morgan fingerprint density at radius 3 is 2.34 bits per heavy atom. The molecule has 0 aliphatic carbocycles. The molecule has 0 saturated carbocycles. The largest absolute Gasteiger partial charge is 0.483 e. The van der Waals surface area contributed by atoms with E-state index in [0.29, 0.717) is 32.0 Å². The smallest absolute Gasteiger partial charge is 0.417 e. The Labute approximate surface area is 164 Å². The van der Waals surface area contributed by atoms with Gasteiger partial charge >= 0.3 is 6.18 Å². The predicted octanol–water partition coefficient (Wildman–Crippen LogP) is 1.93. The number of halogens is 3. The van der Waals surface area contributed by atoms with E-state index in [9.17, 15) is 22.8 Å². The number of nitrogens with zero attached hydrogens (tertiary/aromatic N) is 3. The molecule has 29 heavy (non-hydrogen) atoms. The minimum Gasteiger partial charge on any atom is -0.483 e. The second-order valence-corrected chi connectivity index (χ2v) is 6.42. The number of rotatable bonds is 5. The van der Waals surface area contributed by atoms with Crippen molar-refractivity contribution in [2.75, 3.05) is 37.7 Å². The SMILES string of the molecule is NC(=O)c1ccccc1OCC(=O)N1CCN(c2ccc(C(F)(F)F)cn2)CC1. The van der Waals surface area contributed by atoms with Crippen molar-refractivity contribution < 1.29 is 27.5 Å². The maximum absolute atomic E-state index is 12.6. The lowest BCUT2D eigenvalue weighted by Gasteiger charge is -2.35. The number of carbonyl (C=O) groups is 2. The highest BCUT2D eigenvalue weighted by atomic mass is 19.4. The van der Waals surface area contributed by atoms with Crippen LogP contribution in [0.3, 0.4) is 0 Å². The molecule has 0 spiro atoms. The molecule has 1 aliphatic rings. The monoisotopic (exact) mass is 408 g/mol. The third-order valence-corrected chi connectivity index (χ3v) is 4.54. The molecule has 7 nitrogen and oxygen atoms in total. The molecule has 154 valence electrons. The highest BCUT2D eigenvalue weighted by Crippen LogP contribution is 2.29. The molecule has 2 aromatic rings. The summed E-state index contributed by atoms with van der Waals surface area (Å²) in [7, 11) is 0. The lowest BCUT2D eigenvalue weighted by Crippen LogP contribution is -2.50. The van der Waals surface area contributed by atoms with Crippen LogP contribution < -0.4 is 15.4 Å². The van der Waals surface area contributed by atoms with Crippen molar-refractivity contribution >= 4 is 17.6 Å². The van der Waals surface area contributed by atoms with E-state index >= 15 is 0 Å². The molecular weight excluding hydrogens is 389 g/mol. The van der Waals surface area contributed by atoms with Gasteiger partial charge in [-0.2, -0.15) is 13.2 Å². The molecule has 0 radical (unpaired) electrons. The van der Waals surface area contributed by atoms with Crippen LogP contribution in [0.15, 0.2) is 42.6 Å². The summed E-state index contributed by atoms with van der Waals surface area (Å²) in [6.07, 6.45) is -3.62. The van der Waals surface area contributed by atoms with Crippen molar-refractivity contribution in [2.45, 2.75) is 6.18 Å². The van der Waals surface area contributed by atoms with Crippen LogP contribution in [0.4, 0.5) is 19.0 Å². The van der Waals surface area contributed by atoms with Gasteiger partial charge in [-0.05, 0) is 24.3 Å². The van der Waals surface area contributed by atoms with Crippen LogP contribution in [0.1, 0.15) is 15.9 Å². The lowest BCUT2D eigenvalue weighted by molar-refractivity contribution is -0.138. The molecule has 1 fully saturated rings. The number of ether oxygens (including phenoxy) is 1. The summed E-state index contributed by atoms with van der Waals surface area (Å²) in [6, 6.07) is 8.69. The second kappa shape index (κ2) is 8.38. The Morgan fingerprint density at radius 1 is 1.07 bits per heavy atom. The van der Waals surface area contributed by atoms with E-state index in [4.69, 9.17) is 10.5 Å². The van der Waals surface area contributed by atoms with E-state index in [2.05, 4.69) is 4.98 Å². The van der Waals surface area contributed by atoms with E-state index < -0.39 is 17.6 Å². The van der Waals surface area contributed by atoms with Crippen LogP contribution in [0, 0.1) is 0 Å². The minimum absolute atomic E-state index is 0.193. The van der Waals surface area contributed by atoms with Crippen molar-refractivity contribution in [2.24, 2.45) is 5.73 Å². The van der Waals surface area contributed by atoms with Crippen molar-refractivity contribution in [1.82, 2.24) is 9.88 Å². The molecule has 0 bridgehead atoms. The van der Waals surface area contributed by atoms with Gasteiger partial charge in [-0.25, -0.2) is 4.98 Å². The first-order valence-electron chi connectivity index (χ1n) is 8.83. The Balaban J connectivity index is 1.53. The highest BCUT2D eigenvalue weighted by Gasteiger charge is 2.31. The number of pyridine rings is 1. The number of hydrogen-bond acceptors (Lipinski definition) is 5. The number of aromatic nitrogens is 1. The van der Waals surface area contributed by atoms with Gasteiger partial charge in [0.25, 0.3) is 11.8 Å². The van der Waals surface area contributed by atoms with E-state index in [1.54, 1.807) is 23.1 Å². The van der Waals surface area contributed by atoms with Crippen LogP contribution in [-0.4, -0.2) is 54.5 Å². The molecule has 2 amide bonds. The standard InChI is InChI=1S/C19H19F3N4O3/c20-19(21,22)13-5-6-16(24-11-13)25-7-9-26(10-8-25)17(27)12-29-15-4-2-1-3-14(15)18(23)28/h1-6,11H,7-10,12H2,(H2,23,28). The second-order valence-electron chi connectivity index (χ2n) is 6.42. The molecule has 10 heteroatoms. The van der Waals surface area contributed by atoms with Crippen LogP contribution in [0.5, 0.6) is 5.75 Å². The zero-order chi connectivity index (χ0) is 21.0. The maximum Gasteiger partial charge on any atom is 0.417 e. The summed E-state index contributed by atoms with van der Waals surface area (Å²) < 4.78 is 43.3. The van der Waals surface area contributed by atoms with Gasteiger partial charge in [0, 0.05) is 32.4 Å². The third-order valence-electron chi connectivity index (χ3n) is 4.54. The Hall–Kier alpha value is -3.30. The van der Waals surface area contributed by atoms with Crippen molar-refractivity contribution in [3.8, 4) is 5.75 Å². The fourth-order valence-electron chi connectivity index (χ4n) is 2.95. The summed E-state index contributed by atoms with van der Waals surface area (Å²) in [4.78, 5) is 31.0. The minimum atomic E-state index is -4.43. The van der Waals surface area contributed by atoms with Gasteiger partial charge in [0.15, 0.2) is 6.61 Å². The van der Waals surface area contributed by atoms with E-state index in [-0.39, 0.29) is 23.8 Å². The summed E-state index contributed by atoms with van der Waals surface area (Å²) in [5, 5.41) is 0. The Morgan fingerprint density at radius 2 is 1.76 bits per heavy atom. The quantitative estimate of drug-likeness (QED) is 0.817. The molecular formula is C19H19F3N4O3. The fraction of sp³-hybridized carbons (Fsp3) is 0.316. The average molecular weight is 408 g/mol. The number of nitrogens with two attached hydrogens (primary N) is 1. The van der Waals surface area contributed by atoms with Crippen LogP contribution in [-0.2, 0) is 11.0 Å². The van der Waals surface area contributed by atoms with Crippen LogP contribution in [0.25, 0.3) is 0 Å². The lowest BCUT2D eigenvalue weighted by atomic mass is 10.2. The van der Waals surface area contributed by atoms with Gasteiger partial charge in [0.1, 0.15) is 11.6 Å².